The molecule has 6 heteroatoms. The van der Waals surface area contributed by atoms with Gasteiger partial charge in [0.15, 0.2) is 0 Å². The van der Waals surface area contributed by atoms with Crippen molar-refractivity contribution in [2.24, 2.45) is 0 Å². The van der Waals surface area contributed by atoms with Crippen LogP contribution >= 0.6 is 10.7 Å². The van der Waals surface area contributed by atoms with Gasteiger partial charge >= 0.3 is 0 Å². The van der Waals surface area contributed by atoms with Crippen LogP contribution in [0.15, 0.2) is 17.0 Å². The van der Waals surface area contributed by atoms with Crippen molar-refractivity contribution in [3.05, 3.63) is 28.8 Å². The summed E-state index contributed by atoms with van der Waals surface area (Å²) in [5, 5.41) is 8.92. The van der Waals surface area contributed by atoms with Crippen LogP contribution < -0.4 is 0 Å². The van der Waals surface area contributed by atoms with E-state index in [0.717, 1.165) is 0 Å². The van der Waals surface area contributed by atoms with E-state index in [-0.39, 0.29) is 10.5 Å². The van der Waals surface area contributed by atoms with E-state index in [1.165, 1.54) is 12.1 Å². The van der Waals surface area contributed by atoms with E-state index in [2.05, 4.69) is 0 Å². The van der Waals surface area contributed by atoms with E-state index in [1.54, 1.807) is 13.0 Å². The molecule has 1 aromatic carbocycles. The molecule has 0 unspecified atom stereocenters. The Balaban J connectivity index is 3.71. The molecule has 0 bridgehead atoms. The van der Waals surface area contributed by atoms with Gasteiger partial charge in [0.05, 0.1) is 5.56 Å². The van der Waals surface area contributed by atoms with Crippen molar-refractivity contribution in [1.29, 1.82) is 5.26 Å². The van der Waals surface area contributed by atoms with Crippen molar-refractivity contribution in [3.63, 3.8) is 0 Å². The lowest BCUT2D eigenvalue weighted by molar-refractivity contribution is 0.112. The molecule has 16 heavy (non-hydrogen) atoms. The predicted molar refractivity (Wildman–Crippen MR) is 59.0 cm³/mol. The van der Waals surface area contributed by atoms with Crippen molar-refractivity contribution in [1.82, 2.24) is 0 Å². The Kier molecular flexibility index (Phi) is 3.68. The maximum Gasteiger partial charge on any atom is 0.262 e. The second-order valence-corrected chi connectivity index (χ2v) is 5.56. The molecule has 1 aromatic rings. The molecule has 84 valence electrons. The molecule has 0 atom stereocenters. The van der Waals surface area contributed by atoms with Crippen LogP contribution in [0.2, 0.25) is 0 Å². The quantitative estimate of drug-likeness (QED) is 0.612. The molecule has 0 aromatic heterocycles. The number of nitrogens with zero attached hydrogens (tertiary/aromatic N) is 1. The first-order chi connectivity index (χ1) is 7.45. The van der Waals surface area contributed by atoms with Crippen molar-refractivity contribution in [3.8, 4) is 6.07 Å². The average molecular weight is 258 g/mol. The first-order valence-electron chi connectivity index (χ1n) is 4.41. The van der Waals surface area contributed by atoms with Gasteiger partial charge in [0.1, 0.15) is 17.3 Å². The zero-order chi connectivity index (χ0) is 12.3. The predicted octanol–water partition coefficient (Wildman–Crippen LogP) is 1.86. The molecule has 0 N–H and O–H groups in total. The molecule has 1 rings (SSSR count). The highest BCUT2D eigenvalue weighted by atomic mass is 35.7. The van der Waals surface area contributed by atoms with Crippen LogP contribution in [0.1, 0.15) is 28.4 Å². The van der Waals surface area contributed by atoms with Gasteiger partial charge in [-0.3, -0.25) is 4.79 Å². The summed E-state index contributed by atoms with van der Waals surface area (Å²) in [6.45, 7) is 1.73. The van der Waals surface area contributed by atoms with Crippen LogP contribution in [0.4, 0.5) is 0 Å². The van der Waals surface area contributed by atoms with Gasteiger partial charge in [-0.25, -0.2) is 8.42 Å². The smallest absolute Gasteiger partial charge is 0.262 e. The monoisotopic (exact) mass is 257 g/mol. The maximum atomic E-state index is 11.2. The van der Waals surface area contributed by atoms with Gasteiger partial charge in [0.25, 0.3) is 9.05 Å². The summed E-state index contributed by atoms with van der Waals surface area (Å²) in [5.74, 6) is 0. The first kappa shape index (κ1) is 12.7. The van der Waals surface area contributed by atoms with E-state index >= 15 is 0 Å². The number of hydrogen-bond acceptors (Lipinski definition) is 4. The zero-order valence-corrected chi connectivity index (χ0v) is 9.97. The molecule has 0 saturated heterocycles. The Labute approximate surface area is 97.9 Å². The van der Waals surface area contributed by atoms with E-state index in [1.807, 2.05) is 0 Å². The first-order valence-corrected chi connectivity index (χ1v) is 6.72. The molecule has 0 aliphatic heterocycles. The number of hydrogen-bond donors (Lipinski definition) is 0. The summed E-state index contributed by atoms with van der Waals surface area (Å²) in [4.78, 5) is 10.5. The lowest BCUT2D eigenvalue weighted by Crippen LogP contribution is -2.03. The topological polar surface area (TPSA) is 75.0 Å². The standard InChI is InChI=1S/C10H8ClNO3S/c1-2-8-7(6-13)3-4-10(9(8)5-12)16(11,14)15/h3-4,6H,2H2,1H3. The van der Waals surface area contributed by atoms with Gasteiger partial charge in [-0.05, 0) is 24.1 Å². The molecule has 0 aliphatic carbocycles. The summed E-state index contributed by atoms with van der Waals surface area (Å²) >= 11 is 0. The van der Waals surface area contributed by atoms with Gasteiger partial charge in [-0.2, -0.15) is 5.26 Å². The minimum atomic E-state index is -3.97. The third-order valence-corrected chi connectivity index (χ3v) is 3.53. The summed E-state index contributed by atoms with van der Waals surface area (Å²) < 4.78 is 22.4. The molecule has 0 heterocycles. The third-order valence-electron chi connectivity index (χ3n) is 2.17. The second-order valence-electron chi connectivity index (χ2n) is 3.03. The minimum Gasteiger partial charge on any atom is -0.298 e. The van der Waals surface area contributed by atoms with Crippen molar-refractivity contribution in [2.45, 2.75) is 18.2 Å². The van der Waals surface area contributed by atoms with Gasteiger partial charge < -0.3 is 0 Å². The number of carbonyl (C=O) groups is 1. The van der Waals surface area contributed by atoms with Gasteiger partial charge in [0.2, 0.25) is 0 Å². The van der Waals surface area contributed by atoms with E-state index in [9.17, 15) is 13.2 Å². The fourth-order valence-corrected chi connectivity index (χ4v) is 2.49. The van der Waals surface area contributed by atoms with E-state index in [4.69, 9.17) is 15.9 Å². The Bertz CT molecular complexity index is 572. The van der Waals surface area contributed by atoms with Crippen LogP contribution in [0.3, 0.4) is 0 Å². The second kappa shape index (κ2) is 4.64. The van der Waals surface area contributed by atoms with Crippen LogP contribution in [-0.4, -0.2) is 14.7 Å². The van der Waals surface area contributed by atoms with E-state index < -0.39 is 9.05 Å². The zero-order valence-electron chi connectivity index (χ0n) is 8.40. The number of nitriles is 1. The number of aldehydes is 1. The van der Waals surface area contributed by atoms with Crippen molar-refractivity contribution < 1.29 is 13.2 Å². The molecule has 0 spiro atoms. The van der Waals surface area contributed by atoms with Crippen LogP contribution in [0, 0.1) is 11.3 Å². The largest absolute Gasteiger partial charge is 0.298 e. The Hall–Kier alpha value is -1.38. The highest BCUT2D eigenvalue weighted by Gasteiger charge is 2.20. The molecule has 0 aliphatic rings. The van der Waals surface area contributed by atoms with Crippen LogP contribution in [0.5, 0.6) is 0 Å². The highest BCUT2D eigenvalue weighted by molar-refractivity contribution is 8.13. The molecular weight excluding hydrogens is 250 g/mol. The maximum absolute atomic E-state index is 11.2. The number of benzene rings is 1. The summed E-state index contributed by atoms with van der Waals surface area (Å²) in [5.41, 5.74) is 0.657. The Morgan fingerprint density at radius 1 is 1.50 bits per heavy atom. The fourth-order valence-electron chi connectivity index (χ4n) is 1.46. The Morgan fingerprint density at radius 2 is 2.12 bits per heavy atom. The summed E-state index contributed by atoms with van der Waals surface area (Å²) in [6.07, 6.45) is 0.974. The molecule has 4 nitrogen and oxygen atoms in total. The van der Waals surface area contributed by atoms with Crippen molar-refractivity contribution >= 4 is 26.0 Å². The van der Waals surface area contributed by atoms with Crippen LogP contribution in [-0.2, 0) is 15.5 Å². The van der Waals surface area contributed by atoms with Crippen LogP contribution in [0.25, 0.3) is 0 Å². The summed E-state index contributed by atoms with van der Waals surface area (Å²) in [6, 6.07) is 4.29. The normalized spacial score (nSPS) is 10.8. The molecule has 0 fully saturated rings. The number of rotatable bonds is 3. The van der Waals surface area contributed by atoms with E-state index in [0.29, 0.717) is 23.8 Å². The van der Waals surface area contributed by atoms with Gasteiger partial charge in [-0.1, -0.05) is 6.92 Å². The Morgan fingerprint density at radius 3 is 2.50 bits per heavy atom. The SMILES string of the molecule is CCc1c(C=O)ccc(S(=O)(=O)Cl)c1C#N. The van der Waals surface area contributed by atoms with Gasteiger partial charge in [0, 0.05) is 16.2 Å². The lowest BCUT2D eigenvalue weighted by Gasteiger charge is -2.07. The van der Waals surface area contributed by atoms with Crippen molar-refractivity contribution in [2.75, 3.05) is 0 Å². The third kappa shape index (κ3) is 2.23. The molecule has 0 amide bonds. The van der Waals surface area contributed by atoms with Gasteiger partial charge in [-0.15, -0.1) is 0 Å². The molecular formula is C10H8ClNO3S. The number of carbonyl (C=O) groups excluding carboxylic acids is 1. The highest BCUT2D eigenvalue weighted by Crippen LogP contribution is 2.25. The summed E-state index contributed by atoms with van der Waals surface area (Å²) in [7, 11) is 1.23. The average Bonchev–Trinajstić information content (AvgIpc) is 2.25. The lowest BCUT2D eigenvalue weighted by atomic mass is 10.0. The molecule has 0 radical (unpaired) electrons. The minimum absolute atomic E-state index is 0.0536. The fraction of sp³-hybridized carbons (Fsp3) is 0.200. The number of halogens is 1. The molecule has 0 saturated carbocycles.